The van der Waals surface area contributed by atoms with Gasteiger partial charge >= 0.3 is 7.05 Å². The predicted octanol–water partition coefficient (Wildman–Crippen LogP) is 4.19. The quantitative estimate of drug-likeness (QED) is 0.378. The molecule has 26 heavy (non-hydrogen) atoms. The van der Waals surface area contributed by atoms with Crippen LogP contribution in [-0.4, -0.2) is 29.5 Å². The van der Waals surface area contributed by atoms with E-state index in [0.29, 0.717) is 5.57 Å². The highest BCUT2D eigenvalue weighted by atomic mass is 19.1. The second kappa shape index (κ2) is 7.70. The van der Waals surface area contributed by atoms with Crippen LogP contribution in [0.1, 0.15) is 17.2 Å². The third kappa shape index (κ3) is 3.48. The van der Waals surface area contributed by atoms with Gasteiger partial charge in [-0.1, -0.05) is 41.5 Å². The van der Waals surface area contributed by atoms with Gasteiger partial charge in [-0.2, -0.15) is 0 Å². The zero-order valence-corrected chi connectivity index (χ0v) is 14.1. The van der Waals surface area contributed by atoms with E-state index in [9.17, 15) is 13.8 Å². The molecule has 0 fully saturated rings. The first-order valence-corrected chi connectivity index (χ1v) is 8.21. The van der Waals surface area contributed by atoms with E-state index in [2.05, 4.69) is 10.0 Å². The lowest BCUT2D eigenvalue weighted by atomic mass is 9.80. The van der Waals surface area contributed by atoms with E-state index in [1.807, 2.05) is 30.3 Å². The van der Waals surface area contributed by atoms with Gasteiger partial charge in [-0.05, 0) is 41.7 Å². The molecule has 1 N–H and O–H groups in total. The Labute approximate surface area is 150 Å². The molecule has 0 aliphatic carbocycles. The van der Waals surface area contributed by atoms with Crippen LogP contribution < -0.4 is 0 Å². The summed E-state index contributed by atoms with van der Waals surface area (Å²) in [5.74, 6) is -1.13. The monoisotopic (exact) mass is 354 g/mol. The summed E-state index contributed by atoms with van der Waals surface area (Å²) in [5.41, 5.74) is 10.2. The summed E-state index contributed by atoms with van der Waals surface area (Å²) in [6.07, 6.45) is 1.79. The van der Waals surface area contributed by atoms with E-state index in [0.717, 1.165) is 23.8 Å². The van der Waals surface area contributed by atoms with Crippen molar-refractivity contribution in [3.63, 3.8) is 0 Å². The molecule has 2 unspecified atom stereocenters. The summed E-state index contributed by atoms with van der Waals surface area (Å²) in [6.45, 7) is 1.59. The predicted molar refractivity (Wildman–Crippen MR) is 97.0 cm³/mol. The summed E-state index contributed by atoms with van der Waals surface area (Å²) in [7, 11) is -0.885. The van der Waals surface area contributed by atoms with E-state index in [1.165, 1.54) is 0 Å². The van der Waals surface area contributed by atoms with E-state index in [-0.39, 0.29) is 18.2 Å². The van der Waals surface area contributed by atoms with E-state index >= 15 is 0 Å². The van der Waals surface area contributed by atoms with Crippen LogP contribution in [-0.2, 0) is 0 Å². The highest BCUT2D eigenvalue weighted by molar-refractivity contribution is 6.46. The van der Waals surface area contributed by atoms with Crippen molar-refractivity contribution >= 4 is 12.6 Å². The lowest BCUT2D eigenvalue weighted by Gasteiger charge is -2.32. The largest absolute Gasteiger partial charge is 0.437 e. The molecule has 132 valence electrons. The fourth-order valence-electron chi connectivity index (χ4n) is 3.43. The fourth-order valence-corrected chi connectivity index (χ4v) is 3.43. The molecule has 0 saturated heterocycles. The maximum absolute atomic E-state index is 14.4. The molecule has 0 amide bonds. The SMILES string of the molecule is CB(O)N1C(CN=[N+]=[N-])C(c2cc(F)ccc2F)=CC1c1ccccc1. The highest BCUT2D eigenvalue weighted by Gasteiger charge is 2.40. The summed E-state index contributed by atoms with van der Waals surface area (Å²) >= 11 is 0. The molecule has 0 saturated carbocycles. The van der Waals surface area contributed by atoms with Gasteiger partial charge in [-0.25, -0.2) is 8.78 Å². The number of hydrogen-bond acceptors (Lipinski definition) is 3. The Bertz CT molecular complexity index is 869. The molecule has 1 aliphatic heterocycles. The molecule has 0 bridgehead atoms. The minimum Gasteiger partial charge on any atom is -0.437 e. The van der Waals surface area contributed by atoms with E-state index < -0.39 is 24.7 Å². The van der Waals surface area contributed by atoms with Crippen LogP contribution in [0.25, 0.3) is 16.0 Å². The van der Waals surface area contributed by atoms with Crippen molar-refractivity contribution in [2.24, 2.45) is 5.11 Å². The maximum atomic E-state index is 14.4. The van der Waals surface area contributed by atoms with Crippen molar-refractivity contribution in [3.8, 4) is 0 Å². The molecule has 2 aromatic carbocycles. The molecule has 2 atom stereocenters. The Hall–Kier alpha value is -2.67. The normalized spacial score (nSPS) is 19.8. The van der Waals surface area contributed by atoms with Gasteiger partial charge in [0, 0.05) is 29.1 Å². The average Bonchev–Trinajstić information content (AvgIpc) is 3.02. The number of benzene rings is 2. The lowest BCUT2D eigenvalue weighted by molar-refractivity contribution is 0.311. The van der Waals surface area contributed by atoms with Gasteiger partial charge in [0.05, 0.1) is 0 Å². The van der Waals surface area contributed by atoms with Gasteiger partial charge in [0.25, 0.3) is 0 Å². The summed E-state index contributed by atoms with van der Waals surface area (Å²) in [5, 5.41) is 13.9. The van der Waals surface area contributed by atoms with Crippen LogP contribution in [0.2, 0.25) is 6.82 Å². The number of nitrogens with zero attached hydrogens (tertiary/aromatic N) is 4. The van der Waals surface area contributed by atoms with Crippen molar-refractivity contribution in [1.29, 1.82) is 0 Å². The van der Waals surface area contributed by atoms with Crippen molar-refractivity contribution in [3.05, 3.63) is 87.8 Å². The number of rotatable bonds is 5. The molecule has 0 radical (unpaired) electrons. The van der Waals surface area contributed by atoms with Crippen molar-refractivity contribution in [2.45, 2.75) is 18.9 Å². The molecule has 0 spiro atoms. The van der Waals surface area contributed by atoms with Crippen LogP contribution in [0, 0.1) is 11.6 Å². The molecule has 8 heteroatoms. The van der Waals surface area contributed by atoms with Crippen molar-refractivity contribution in [1.82, 2.24) is 4.81 Å². The number of hydrogen-bond donors (Lipinski definition) is 1. The molecule has 3 rings (SSSR count). The van der Waals surface area contributed by atoms with Crippen LogP contribution in [0.15, 0.2) is 59.7 Å². The van der Waals surface area contributed by atoms with E-state index in [1.54, 1.807) is 17.7 Å². The zero-order valence-electron chi connectivity index (χ0n) is 14.1. The molecule has 0 aromatic heterocycles. The van der Waals surface area contributed by atoms with Crippen LogP contribution in [0.3, 0.4) is 0 Å². The van der Waals surface area contributed by atoms with Crippen molar-refractivity contribution in [2.75, 3.05) is 6.54 Å². The van der Waals surface area contributed by atoms with Crippen LogP contribution in [0.4, 0.5) is 8.78 Å². The van der Waals surface area contributed by atoms with Gasteiger partial charge in [0.2, 0.25) is 0 Å². The second-order valence-corrected chi connectivity index (χ2v) is 6.11. The highest BCUT2D eigenvalue weighted by Crippen LogP contribution is 2.40. The molecule has 1 aliphatic rings. The summed E-state index contributed by atoms with van der Waals surface area (Å²) in [6, 6.07) is 11.7. The molecule has 2 aromatic rings. The second-order valence-electron chi connectivity index (χ2n) is 6.11. The first kappa shape index (κ1) is 18.1. The van der Waals surface area contributed by atoms with Crippen LogP contribution in [0.5, 0.6) is 0 Å². The Morgan fingerprint density at radius 1 is 1.23 bits per heavy atom. The third-order valence-corrected chi connectivity index (χ3v) is 4.51. The van der Waals surface area contributed by atoms with Gasteiger partial charge in [0.1, 0.15) is 11.6 Å². The summed E-state index contributed by atoms with van der Waals surface area (Å²) < 4.78 is 28.1. The Morgan fingerprint density at radius 2 is 1.96 bits per heavy atom. The first-order chi connectivity index (χ1) is 12.5. The molecule has 1 heterocycles. The van der Waals surface area contributed by atoms with Gasteiger partial charge in [-0.15, -0.1) is 0 Å². The third-order valence-electron chi connectivity index (χ3n) is 4.51. The van der Waals surface area contributed by atoms with Gasteiger partial charge in [0.15, 0.2) is 0 Å². The smallest absolute Gasteiger partial charge is 0.377 e. The van der Waals surface area contributed by atoms with Crippen LogP contribution >= 0.6 is 0 Å². The van der Waals surface area contributed by atoms with Crippen molar-refractivity contribution < 1.29 is 13.8 Å². The minimum absolute atomic E-state index is 0.00742. The molecule has 5 nitrogen and oxygen atoms in total. The topological polar surface area (TPSA) is 72.2 Å². The molecular weight excluding hydrogens is 337 g/mol. The lowest BCUT2D eigenvalue weighted by Crippen LogP contribution is -2.45. The Balaban J connectivity index is 2.14. The van der Waals surface area contributed by atoms with E-state index in [4.69, 9.17) is 5.53 Å². The zero-order chi connectivity index (χ0) is 18.7. The van der Waals surface area contributed by atoms with Gasteiger partial charge in [-0.3, -0.25) is 0 Å². The first-order valence-electron chi connectivity index (χ1n) is 8.21. The minimum atomic E-state index is -0.885. The molecular formula is C18H17BF2N4O. The number of halogens is 2. The number of azide groups is 1. The Kier molecular flexibility index (Phi) is 5.37. The standard InChI is InChI=1S/C18H17BF2N4O/c1-19(26)25-17(12-5-3-2-4-6-12)10-15(18(25)11-23-24-22)14-9-13(20)7-8-16(14)21/h2-10,17-18,26H,11H2,1H3. The Morgan fingerprint density at radius 3 is 2.62 bits per heavy atom. The van der Waals surface area contributed by atoms with Gasteiger partial charge < -0.3 is 9.83 Å². The fraction of sp³-hybridized carbons (Fsp3) is 0.222. The summed E-state index contributed by atoms with van der Waals surface area (Å²) in [4.78, 5) is 4.51. The average molecular weight is 354 g/mol. The maximum Gasteiger partial charge on any atom is 0.377 e.